The van der Waals surface area contributed by atoms with Gasteiger partial charge in [-0.15, -0.1) is 0 Å². The lowest BCUT2D eigenvalue weighted by Gasteiger charge is -2.21. The number of para-hydroxylation sites is 1. The molecule has 1 amide bonds. The third-order valence-corrected chi connectivity index (χ3v) is 3.98. The van der Waals surface area contributed by atoms with E-state index in [4.69, 9.17) is 0 Å². The molecule has 0 radical (unpaired) electrons. The lowest BCUT2D eigenvalue weighted by atomic mass is 10.2. The molecule has 1 N–H and O–H groups in total. The first-order valence-electron chi connectivity index (χ1n) is 8.63. The first kappa shape index (κ1) is 17.6. The number of anilines is 3. The number of hydrogen-bond donors (Lipinski definition) is 1. The molecule has 0 aliphatic carbocycles. The standard InChI is InChI=1S/C21H22N4O/c1-4-25(18-11-6-5-7-12-18)21-22-16(3)14-19(24-21)20(26)23-17-10-8-9-15(2)13-17/h5-14H,4H2,1-3H3,(H,23,26). The summed E-state index contributed by atoms with van der Waals surface area (Å²) in [6.45, 7) is 6.59. The van der Waals surface area contributed by atoms with Crippen LogP contribution in [0.25, 0.3) is 0 Å². The fraction of sp³-hybridized carbons (Fsp3) is 0.190. The molecule has 3 rings (SSSR count). The summed E-state index contributed by atoms with van der Waals surface area (Å²) in [5, 5.41) is 2.90. The summed E-state index contributed by atoms with van der Waals surface area (Å²) < 4.78 is 0. The highest BCUT2D eigenvalue weighted by atomic mass is 16.1. The van der Waals surface area contributed by atoms with Crippen LogP contribution in [0.4, 0.5) is 17.3 Å². The Morgan fingerprint density at radius 1 is 1.00 bits per heavy atom. The number of nitrogens with one attached hydrogen (secondary N) is 1. The molecule has 0 fully saturated rings. The van der Waals surface area contributed by atoms with Crippen molar-refractivity contribution in [3.8, 4) is 0 Å². The van der Waals surface area contributed by atoms with Crippen LogP contribution in [-0.2, 0) is 0 Å². The second-order valence-corrected chi connectivity index (χ2v) is 6.10. The average molecular weight is 346 g/mol. The third-order valence-electron chi connectivity index (χ3n) is 3.98. The highest BCUT2D eigenvalue weighted by molar-refractivity contribution is 6.03. The van der Waals surface area contributed by atoms with E-state index in [0.717, 1.165) is 22.6 Å². The van der Waals surface area contributed by atoms with E-state index in [-0.39, 0.29) is 5.91 Å². The Labute approximate surface area is 153 Å². The average Bonchev–Trinajstić information content (AvgIpc) is 2.63. The molecule has 26 heavy (non-hydrogen) atoms. The molecule has 2 aromatic carbocycles. The summed E-state index contributed by atoms with van der Waals surface area (Å²) in [6, 6.07) is 19.3. The zero-order valence-electron chi connectivity index (χ0n) is 15.2. The van der Waals surface area contributed by atoms with Crippen molar-refractivity contribution in [2.24, 2.45) is 0 Å². The predicted molar refractivity (Wildman–Crippen MR) is 105 cm³/mol. The molecular formula is C21H22N4O. The van der Waals surface area contributed by atoms with Crippen molar-refractivity contribution in [1.29, 1.82) is 0 Å². The number of carbonyl (C=O) groups is 1. The zero-order valence-corrected chi connectivity index (χ0v) is 15.2. The van der Waals surface area contributed by atoms with Crippen molar-refractivity contribution in [3.63, 3.8) is 0 Å². The van der Waals surface area contributed by atoms with E-state index in [1.807, 2.05) is 80.3 Å². The van der Waals surface area contributed by atoms with Gasteiger partial charge >= 0.3 is 0 Å². The van der Waals surface area contributed by atoms with Crippen molar-refractivity contribution in [2.45, 2.75) is 20.8 Å². The Hall–Kier alpha value is -3.21. The maximum atomic E-state index is 12.7. The summed E-state index contributed by atoms with van der Waals surface area (Å²) in [5.41, 5.74) is 3.93. The van der Waals surface area contributed by atoms with Gasteiger partial charge in [0.15, 0.2) is 0 Å². The maximum Gasteiger partial charge on any atom is 0.274 e. The lowest BCUT2D eigenvalue weighted by molar-refractivity contribution is 0.102. The molecule has 5 nitrogen and oxygen atoms in total. The van der Waals surface area contributed by atoms with Gasteiger partial charge < -0.3 is 10.2 Å². The zero-order chi connectivity index (χ0) is 18.5. The number of aryl methyl sites for hydroxylation is 2. The number of carbonyl (C=O) groups excluding carboxylic acids is 1. The molecule has 0 unspecified atom stereocenters. The first-order valence-corrected chi connectivity index (χ1v) is 8.63. The van der Waals surface area contributed by atoms with Crippen molar-refractivity contribution in [3.05, 3.63) is 77.6 Å². The largest absolute Gasteiger partial charge is 0.321 e. The number of nitrogens with zero attached hydrogens (tertiary/aromatic N) is 3. The normalized spacial score (nSPS) is 10.4. The quantitative estimate of drug-likeness (QED) is 0.739. The van der Waals surface area contributed by atoms with Crippen molar-refractivity contribution >= 4 is 23.2 Å². The third kappa shape index (κ3) is 4.06. The van der Waals surface area contributed by atoms with Crippen LogP contribution in [0, 0.1) is 13.8 Å². The minimum Gasteiger partial charge on any atom is -0.321 e. The SMILES string of the molecule is CCN(c1ccccc1)c1nc(C)cc(C(=O)Nc2cccc(C)c2)n1. The van der Waals surface area contributed by atoms with E-state index >= 15 is 0 Å². The second kappa shape index (κ2) is 7.78. The second-order valence-electron chi connectivity index (χ2n) is 6.10. The molecule has 0 atom stereocenters. The molecule has 5 heteroatoms. The fourth-order valence-electron chi connectivity index (χ4n) is 2.76. The highest BCUT2D eigenvalue weighted by Crippen LogP contribution is 2.22. The van der Waals surface area contributed by atoms with Crippen LogP contribution in [0.5, 0.6) is 0 Å². The highest BCUT2D eigenvalue weighted by Gasteiger charge is 2.15. The van der Waals surface area contributed by atoms with Gasteiger partial charge in [-0.2, -0.15) is 0 Å². The van der Waals surface area contributed by atoms with Gasteiger partial charge in [0, 0.05) is 23.6 Å². The van der Waals surface area contributed by atoms with Gasteiger partial charge in [-0.05, 0) is 56.7 Å². The van der Waals surface area contributed by atoms with Crippen LogP contribution in [0.15, 0.2) is 60.7 Å². The Bertz CT molecular complexity index is 909. The van der Waals surface area contributed by atoms with Gasteiger partial charge in [0.25, 0.3) is 5.91 Å². The monoisotopic (exact) mass is 346 g/mol. The number of hydrogen-bond acceptors (Lipinski definition) is 4. The summed E-state index contributed by atoms with van der Waals surface area (Å²) >= 11 is 0. The van der Waals surface area contributed by atoms with Crippen molar-refractivity contribution < 1.29 is 4.79 Å². The number of aromatic nitrogens is 2. The number of benzene rings is 2. The van der Waals surface area contributed by atoms with Crippen molar-refractivity contribution in [2.75, 3.05) is 16.8 Å². The van der Waals surface area contributed by atoms with Crippen LogP contribution in [0.1, 0.15) is 28.7 Å². The van der Waals surface area contributed by atoms with Gasteiger partial charge in [-0.1, -0.05) is 30.3 Å². The molecule has 0 aliphatic rings. The van der Waals surface area contributed by atoms with E-state index in [9.17, 15) is 4.79 Å². The molecule has 132 valence electrons. The molecule has 0 saturated heterocycles. The van der Waals surface area contributed by atoms with E-state index in [1.54, 1.807) is 6.07 Å². The van der Waals surface area contributed by atoms with Crippen LogP contribution in [0.3, 0.4) is 0 Å². The molecule has 1 aromatic heterocycles. The smallest absolute Gasteiger partial charge is 0.274 e. The van der Waals surface area contributed by atoms with Gasteiger partial charge in [-0.25, -0.2) is 9.97 Å². The van der Waals surface area contributed by atoms with Gasteiger partial charge in [-0.3, -0.25) is 4.79 Å². The summed E-state index contributed by atoms with van der Waals surface area (Å²) in [4.78, 5) is 23.7. The Balaban J connectivity index is 1.90. The number of rotatable bonds is 5. The Morgan fingerprint density at radius 3 is 2.46 bits per heavy atom. The van der Waals surface area contributed by atoms with Crippen LogP contribution in [-0.4, -0.2) is 22.4 Å². The molecule has 0 bridgehead atoms. The molecule has 0 aliphatic heterocycles. The van der Waals surface area contributed by atoms with Gasteiger partial charge in [0.2, 0.25) is 5.95 Å². The van der Waals surface area contributed by atoms with Crippen LogP contribution in [0.2, 0.25) is 0 Å². The predicted octanol–water partition coefficient (Wildman–Crippen LogP) is 4.50. The first-order chi connectivity index (χ1) is 12.6. The summed E-state index contributed by atoms with van der Waals surface area (Å²) in [5.74, 6) is 0.277. The van der Waals surface area contributed by atoms with Crippen LogP contribution < -0.4 is 10.2 Å². The van der Waals surface area contributed by atoms with E-state index in [1.165, 1.54) is 0 Å². The number of amides is 1. The minimum atomic E-state index is -0.244. The Kier molecular flexibility index (Phi) is 5.27. The topological polar surface area (TPSA) is 58.1 Å². The Morgan fingerprint density at radius 2 is 1.77 bits per heavy atom. The molecule has 3 aromatic rings. The van der Waals surface area contributed by atoms with E-state index in [0.29, 0.717) is 18.2 Å². The lowest BCUT2D eigenvalue weighted by Crippen LogP contribution is -2.22. The molecule has 0 spiro atoms. The molecule has 0 saturated carbocycles. The van der Waals surface area contributed by atoms with Gasteiger partial charge in [0.1, 0.15) is 5.69 Å². The van der Waals surface area contributed by atoms with E-state index in [2.05, 4.69) is 15.3 Å². The van der Waals surface area contributed by atoms with Gasteiger partial charge in [0.05, 0.1) is 0 Å². The summed E-state index contributed by atoms with van der Waals surface area (Å²) in [6.07, 6.45) is 0. The van der Waals surface area contributed by atoms with E-state index < -0.39 is 0 Å². The van der Waals surface area contributed by atoms with Crippen molar-refractivity contribution in [1.82, 2.24) is 9.97 Å². The minimum absolute atomic E-state index is 0.244. The van der Waals surface area contributed by atoms with Crippen LogP contribution >= 0.6 is 0 Å². The summed E-state index contributed by atoms with van der Waals surface area (Å²) in [7, 11) is 0. The molecule has 1 heterocycles. The fourth-order valence-corrected chi connectivity index (χ4v) is 2.76. The maximum absolute atomic E-state index is 12.7. The molecular weight excluding hydrogens is 324 g/mol.